The van der Waals surface area contributed by atoms with Gasteiger partial charge >= 0.3 is 0 Å². The number of benzene rings is 1. The van der Waals surface area contributed by atoms with E-state index in [4.69, 9.17) is 4.74 Å². The predicted octanol–water partition coefficient (Wildman–Crippen LogP) is 1.81. The van der Waals surface area contributed by atoms with Crippen molar-refractivity contribution in [3.8, 4) is 5.75 Å². The van der Waals surface area contributed by atoms with E-state index in [2.05, 4.69) is 5.32 Å². The fourth-order valence-electron chi connectivity index (χ4n) is 1.97. The molecule has 0 aromatic heterocycles. The van der Waals surface area contributed by atoms with Gasteiger partial charge in [-0.15, -0.1) is 0 Å². The van der Waals surface area contributed by atoms with E-state index >= 15 is 0 Å². The zero-order chi connectivity index (χ0) is 11.8. The molecule has 0 spiro atoms. The minimum Gasteiger partial charge on any atom is -0.489 e. The number of para-hydroxylation sites is 1. The van der Waals surface area contributed by atoms with Gasteiger partial charge in [-0.1, -0.05) is 18.2 Å². The second-order valence-electron chi connectivity index (χ2n) is 3.74. The van der Waals surface area contributed by atoms with Crippen molar-refractivity contribution in [2.45, 2.75) is 5.25 Å². The zero-order valence-electron chi connectivity index (χ0n) is 8.80. The number of fused-ring (bicyclic) bond motifs is 1. The summed E-state index contributed by atoms with van der Waals surface area (Å²) in [6, 6.07) is 7.54. The van der Waals surface area contributed by atoms with Crippen molar-refractivity contribution in [3.05, 3.63) is 35.9 Å². The lowest BCUT2D eigenvalue weighted by Gasteiger charge is -2.20. The second kappa shape index (κ2) is 3.92. The summed E-state index contributed by atoms with van der Waals surface area (Å²) in [4.78, 5) is 22.9. The molecule has 0 radical (unpaired) electrons. The number of rotatable bonds is 1. The maximum atomic E-state index is 11.7. The maximum absolute atomic E-state index is 11.7. The van der Waals surface area contributed by atoms with Gasteiger partial charge in [-0.3, -0.25) is 14.9 Å². The highest BCUT2D eigenvalue weighted by atomic mass is 32.2. The largest absolute Gasteiger partial charge is 0.489 e. The monoisotopic (exact) mass is 247 g/mol. The lowest BCUT2D eigenvalue weighted by molar-refractivity contribution is -0.118. The van der Waals surface area contributed by atoms with Crippen molar-refractivity contribution in [1.29, 1.82) is 0 Å². The summed E-state index contributed by atoms with van der Waals surface area (Å²) in [5.74, 6) is 0.515. The van der Waals surface area contributed by atoms with Crippen LogP contribution in [0.1, 0.15) is 5.56 Å². The van der Waals surface area contributed by atoms with Gasteiger partial charge in [0.15, 0.2) is 0 Å². The van der Waals surface area contributed by atoms with Crippen molar-refractivity contribution < 1.29 is 14.3 Å². The molecule has 0 bridgehead atoms. The molecule has 2 heterocycles. The number of amides is 2. The van der Waals surface area contributed by atoms with Crippen molar-refractivity contribution in [2.24, 2.45) is 0 Å². The number of hydrogen-bond acceptors (Lipinski definition) is 4. The number of ether oxygens (including phenoxy) is 1. The lowest BCUT2D eigenvalue weighted by Crippen LogP contribution is -2.26. The first-order valence-electron chi connectivity index (χ1n) is 5.19. The molecular weight excluding hydrogens is 238 g/mol. The Balaban J connectivity index is 2.02. The first-order chi connectivity index (χ1) is 8.25. The molecule has 0 aliphatic carbocycles. The van der Waals surface area contributed by atoms with Gasteiger partial charge in [0.1, 0.15) is 17.6 Å². The van der Waals surface area contributed by atoms with Gasteiger partial charge in [0.25, 0.3) is 5.24 Å². The summed E-state index contributed by atoms with van der Waals surface area (Å²) in [6.45, 7) is 0.435. The molecule has 4 nitrogen and oxygen atoms in total. The second-order valence-corrected chi connectivity index (χ2v) is 4.82. The Hall–Kier alpha value is -1.75. The molecule has 2 amide bonds. The van der Waals surface area contributed by atoms with E-state index in [1.807, 2.05) is 30.3 Å². The van der Waals surface area contributed by atoms with E-state index < -0.39 is 5.25 Å². The molecule has 3 rings (SSSR count). The van der Waals surface area contributed by atoms with E-state index in [-0.39, 0.29) is 11.1 Å². The van der Waals surface area contributed by atoms with Crippen molar-refractivity contribution in [3.63, 3.8) is 0 Å². The van der Waals surface area contributed by atoms with Crippen LogP contribution in [0.15, 0.2) is 30.3 Å². The highest BCUT2D eigenvalue weighted by molar-refractivity contribution is 8.15. The van der Waals surface area contributed by atoms with Crippen LogP contribution in [0, 0.1) is 0 Å². The van der Waals surface area contributed by atoms with Gasteiger partial charge in [0, 0.05) is 5.56 Å². The Morgan fingerprint density at radius 2 is 2.12 bits per heavy atom. The zero-order valence-corrected chi connectivity index (χ0v) is 9.62. The van der Waals surface area contributed by atoms with E-state index in [1.54, 1.807) is 0 Å². The predicted molar refractivity (Wildman–Crippen MR) is 64.8 cm³/mol. The highest BCUT2D eigenvalue weighted by Crippen LogP contribution is 2.38. The third-order valence-corrected chi connectivity index (χ3v) is 3.73. The average molecular weight is 247 g/mol. The fraction of sp³-hybridized carbons (Fsp3) is 0.167. The van der Waals surface area contributed by atoms with Crippen LogP contribution in [0.25, 0.3) is 5.57 Å². The smallest absolute Gasteiger partial charge is 0.286 e. The van der Waals surface area contributed by atoms with Crippen LogP contribution >= 0.6 is 11.8 Å². The molecule has 1 fully saturated rings. The van der Waals surface area contributed by atoms with Gasteiger partial charge in [0.05, 0.1) is 0 Å². The van der Waals surface area contributed by atoms with Crippen molar-refractivity contribution in [2.75, 3.05) is 6.61 Å². The molecule has 1 atom stereocenters. The standard InChI is InChI=1S/C12H9NO3S/c14-11-10(17-12(15)13-11)8-5-6-16-9-4-2-1-3-7(8)9/h1-5,10H,6H2,(H,13,14,15). The molecule has 1 saturated heterocycles. The van der Waals surface area contributed by atoms with Gasteiger partial charge in [0.2, 0.25) is 5.91 Å². The molecule has 1 aromatic carbocycles. The Morgan fingerprint density at radius 3 is 2.88 bits per heavy atom. The van der Waals surface area contributed by atoms with Crippen LogP contribution in [0.2, 0.25) is 0 Å². The van der Waals surface area contributed by atoms with Gasteiger partial charge in [-0.05, 0) is 29.5 Å². The Kier molecular flexibility index (Phi) is 2.40. The number of imide groups is 1. The molecule has 86 valence electrons. The Morgan fingerprint density at radius 1 is 1.29 bits per heavy atom. The molecule has 0 saturated carbocycles. The molecule has 17 heavy (non-hydrogen) atoms. The minimum absolute atomic E-state index is 0.247. The first kappa shape index (κ1) is 10.4. The number of hydrogen-bond donors (Lipinski definition) is 1. The summed E-state index contributed by atoms with van der Waals surface area (Å²) in [6.07, 6.45) is 1.86. The summed E-state index contributed by atoms with van der Waals surface area (Å²) < 4.78 is 5.47. The summed E-state index contributed by atoms with van der Waals surface area (Å²) in [5.41, 5.74) is 1.75. The fourth-order valence-corrected chi connectivity index (χ4v) is 2.86. The number of carbonyl (C=O) groups is 2. The van der Waals surface area contributed by atoms with Crippen molar-refractivity contribution in [1.82, 2.24) is 5.32 Å². The summed E-state index contributed by atoms with van der Waals surface area (Å²) in [7, 11) is 0. The van der Waals surface area contributed by atoms with Crippen LogP contribution in [-0.4, -0.2) is 23.0 Å². The van der Waals surface area contributed by atoms with Crippen LogP contribution < -0.4 is 10.1 Å². The van der Waals surface area contributed by atoms with Crippen LogP contribution in [0.3, 0.4) is 0 Å². The maximum Gasteiger partial charge on any atom is 0.286 e. The summed E-state index contributed by atoms with van der Waals surface area (Å²) >= 11 is 1.02. The third kappa shape index (κ3) is 1.72. The van der Waals surface area contributed by atoms with Gasteiger partial charge < -0.3 is 4.74 Å². The third-order valence-electron chi connectivity index (χ3n) is 2.71. The molecular formula is C12H9NO3S. The lowest BCUT2D eigenvalue weighted by atomic mass is 9.99. The normalized spacial score (nSPS) is 22.6. The quantitative estimate of drug-likeness (QED) is 0.822. The van der Waals surface area contributed by atoms with Crippen LogP contribution in [-0.2, 0) is 4.79 Å². The van der Waals surface area contributed by atoms with E-state index in [9.17, 15) is 9.59 Å². The van der Waals surface area contributed by atoms with Crippen LogP contribution in [0.4, 0.5) is 4.79 Å². The number of carbonyl (C=O) groups excluding carboxylic acids is 2. The molecule has 1 unspecified atom stereocenters. The highest BCUT2D eigenvalue weighted by Gasteiger charge is 2.36. The SMILES string of the molecule is O=C1NC(=O)C(C2=CCOc3ccccc32)S1. The van der Waals surface area contributed by atoms with Gasteiger partial charge in [-0.2, -0.15) is 0 Å². The Labute approximate surface area is 102 Å². The summed E-state index contributed by atoms with van der Waals surface area (Å²) in [5, 5.41) is 1.56. The molecule has 1 N–H and O–H groups in total. The topological polar surface area (TPSA) is 55.4 Å². The first-order valence-corrected chi connectivity index (χ1v) is 6.07. The molecule has 1 aromatic rings. The Bertz CT molecular complexity index is 538. The van der Waals surface area contributed by atoms with Crippen LogP contribution in [0.5, 0.6) is 5.75 Å². The number of thioether (sulfide) groups is 1. The van der Waals surface area contributed by atoms with Crippen molar-refractivity contribution >= 4 is 28.5 Å². The molecule has 2 aliphatic heterocycles. The van der Waals surface area contributed by atoms with E-state index in [0.717, 1.165) is 28.6 Å². The average Bonchev–Trinajstić information content (AvgIpc) is 2.68. The number of nitrogens with one attached hydrogen (secondary N) is 1. The van der Waals surface area contributed by atoms with Gasteiger partial charge in [-0.25, -0.2) is 0 Å². The van der Waals surface area contributed by atoms with E-state index in [0.29, 0.717) is 6.61 Å². The minimum atomic E-state index is -0.451. The van der Waals surface area contributed by atoms with E-state index in [1.165, 1.54) is 0 Å². The molecule has 2 aliphatic rings. The molecule has 5 heteroatoms.